The molecular formula is C13H23N3O3. The molecule has 1 unspecified atom stereocenters. The largest absolute Gasteiger partial charge is 0.481 e. The number of hydrogen-bond acceptors (Lipinski definition) is 3. The Balaban J connectivity index is 1.70. The Bertz CT molecular complexity index is 355. The molecule has 1 atom stereocenters. The van der Waals surface area contributed by atoms with E-state index in [1.807, 2.05) is 0 Å². The minimum Gasteiger partial charge on any atom is -0.481 e. The van der Waals surface area contributed by atoms with Gasteiger partial charge in [-0.2, -0.15) is 0 Å². The molecule has 2 rings (SSSR count). The highest BCUT2D eigenvalue weighted by Crippen LogP contribution is 2.29. The van der Waals surface area contributed by atoms with E-state index in [1.54, 1.807) is 11.8 Å². The fraction of sp³-hybridized carbons (Fsp3) is 0.846. The number of urea groups is 1. The van der Waals surface area contributed by atoms with Gasteiger partial charge in [-0.15, -0.1) is 0 Å². The number of likely N-dealkylation sites (tertiary alicyclic amines) is 2. The van der Waals surface area contributed by atoms with Crippen molar-refractivity contribution in [3.8, 4) is 0 Å². The number of carbonyl (C=O) groups is 2. The van der Waals surface area contributed by atoms with Crippen molar-refractivity contribution in [1.29, 1.82) is 0 Å². The normalized spacial score (nSPS) is 27.7. The molecule has 0 spiro atoms. The Hall–Kier alpha value is -1.30. The summed E-state index contributed by atoms with van der Waals surface area (Å²) in [6.07, 6.45) is 3.02. The molecule has 0 saturated carbocycles. The highest BCUT2D eigenvalue weighted by atomic mass is 16.4. The zero-order valence-electron chi connectivity index (χ0n) is 11.5. The van der Waals surface area contributed by atoms with Crippen LogP contribution >= 0.6 is 0 Å². The second-order valence-corrected chi connectivity index (χ2v) is 5.82. The first-order valence-electron chi connectivity index (χ1n) is 7.00. The Labute approximate surface area is 113 Å². The van der Waals surface area contributed by atoms with Crippen LogP contribution in [-0.2, 0) is 4.79 Å². The van der Waals surface area contributed by atoms with Crippen LogP contribution in [0.1, 0.15) is 26.2 Å². The second kappa shape index (κ2) is 5.77. The van der Waals surface area contributed by atoms with Gasteiger partial charge in [-0.3, -0.25) is 4.79 Å². The van der Waals surface area contributed by atoms with E-state index in [-0.39, 0.29) is 6.03 Å². The summed E-state index contributed by atoms with van der Waals surface area (Å²) in [4.78, 5) is 27.0. The van der Waals surface area contributed by atoms with Gasteiger partial charge < -0.3 is 20.2 Å². The maximum Gasteiger partial charge on any atom is 0.317 e. The molecule has 2 amide bonds. The average Bonchev–Trinajstić information content (AvgIpc) is 2.99. The number of carbonyl (C=O) groups excluding carboxylic acids is 1. The summed E-state index contributed by atoms with van der Waals surface area (Å²) in [5, 5.41) is 12.0. The third-order valence-electron chi connectivity index (χ3n) is 4.18. The minimum atomic E-state index is -0.820. The first-order valence-corrected chi connectivity index (χ1v) is 7.00. The number of carboxylic acids is 1. The Morgan fingerprint density at radius 3 is 2.53 bits per heavy atom. The van der Waals surface area contributed by atoms with Gasteiger partial charge in [0.05, 0.1) is 5.41 Å². The Morgan fingerprint density at radius 2 is 1.95 bits per heavy atom. The smallest absolute Gasteiger partial charge is 0.317 e. The monoisotopic (exact) mass is 269 g/mol. The number of rotatable bonds is 4. The number of hydrogen-bond donors (Lipinski definition) is 2. The summed E-state index contributed by atoms with van der Waals surface area (Å²) in [5.74, 6) is -0.820. The van der Waals surface area contributed by atoms with Crippen molar-refractivity contribution in [3.05, 3.63) is 0 Å². The quantitative estimate of drug-likeness (QED) is 0.783. The maximum absolute atomic E-state index is 11.9. The third-order valence-corrected chi connectivity index (χ3v) is 4.18. The molecule has 2 aliphatic rings. The van der Waals surface area contributed by atoms with Gasteiger partial charge >= 0.3 is 12.0 Å². The molecule has 2 fully saturated rings. The predicted octanol–water partition coefficient (Wildman–Crippen LogP) is 0.588. The lowest BCUT2D eigenvalue weighted by Crippen LogP contribution is -2.43. The van der Waals surface area contributed by atoms with E-state index in [4.69, 9.17) is 5.11 Å². The van der Waals surface area contributed by atoms with Crippen LogP contribution in [0.5, 0.6) is 0 Å². The fourth-order valence-corrected chi connectivity index (χ4v) is 2.75. The number of aliphatic carboxylic acids is 1. The van der Waals surface area contributed by atoms with Gasteiger partial charge in [-0.05, 0) is 39.3 Å². The molecule has 0 aromatic carbocycles. The van der Waals surface area contributed by atoms with Crippen LogP contribution in [0.3, 0.4) is 0 Å². The van der Waals surface area contributed by atoms with Crippen LogP contribution in [0.4, 0.5) is 4.79 Å². The van der Waals surface area contributed by atoms with Gasteiger partial charge in [0.15, 0.2) is 0 Å². The predicted molar refractivity (Wildman–Crippen MR) is 71.0 cm³/mol. The van der Waals surface area contributed by atoms with Crippen LogP contribution in [0.25, 0.3) is 0 Å². The summed E-state index contributed by atoms with van der Waals surface area (Å²) < 4.78 is 0. The van der Waals surface area contributed by atoms with E-state index < -0.39 is 11.4 Å². The first kappa shape index (κ1) is 14.1. The SMILES string of the molecule is CC1(C(=O)O)CCN(C(=O)NCCN2CCCC2)C1. The van der Waals surface area contributed by atoms with E-state index >= 15 is 0 Å². The summed E-state index contributed by atoms with van der Waals surface area (Å²) in [5.41, 5.74) is -0.785. The van der Waals surface area contributed by atoms with Gasteiger partial charge in [-0.25, -0.2) is 4.79 Å². The van der Waals surface area contributed by atoms with E-state index in [9.17, 15) is 9.59 Å². The Kier molecular flexibility index (Phi) is 4.29. The van der Waals surface area contributed by atoms with Crippen LogP contribution in [0.15, 0.2) is 0 Å². The highest BCUT2D eigenvalue weighted by molar-refractivity contribution is 5.79. The van der Waals surface area contributed by atoms with Gasteiger partial charge in [0, 0.05) is 26.2 Å². The molecule has 2 heterocycles. The molecule has 0 aromatic heterocycles. The molecule has 0 radical (unpaired) electrons. The maximum atomic E-state index is 11.9. The molecule has 19 heavy (non-hydrogen) atoms. The first-order chi connectivity index (χ1) is 9.01. The lowest BCUT2D eigenvalue weighted by Gasteiger charge is -2.21. The Morgan fingerprint density at radius 1 is 1.26 bits per heavy atom. The van der Waals surface area contributed by atoms with Crippen molar-refractivity contribution in [3.63, 3.8) is 0 Å². The molecule has 2 N–H and O–H groups in total. The molecule has 0 bridgehead atoms. The molecule has 108 valence electrons. The lowest BCUT2D eigenvalue weighted by atomic mass is 9.90. The summed E-state index contributed by atoms with van der Waals surface area (Å²) in [6.45, 7) is 6.30. The van der Waals surface area contributed by atoms with Crippen LogP contribution in [-0.4, -0.2) is 66.2 Å². The summed E-state index contributed by atoms with van der Waals surface area (Å²) >= 11 is 0. The zero-order chi connectivity index (χ0) is 13.9. The number of nitrogens with zero attached hydrogens (tertiary/aromatic N) is 2. The second-order valence-electron chi connectivity index (χ2n) is 5.82. The zero-order valence-corrected chi connectivity index (χ0v) is 11.5. The van der Waals surface area contributed by atoms with Crippen molar-refractivity contribution in [2.75, 3.05) is 39.3 Å². The van der Waals surface area contributed by atoms with Crippen LogP contribution in [0, 0.1) is 5.41 Å². The van der Waals surface area contributed by atoms with Crippen molar-refractivity contribution >= 4 is 12.0 Å². The van der Waals surface area contributed by atoms with Crippen LogP contribution < -0.4 is 5.32 Å². The summed E-state index contributed by atoms with van der Waals surface area (Å²) in [7, 11) is 0. The molecular weight excluding hydrogens is 246 g/mol. The summed E-state index contributed by atoms with van der Waals surface area (Å²) in [6, 6.07) is -0.135. The molecule has 2 saturated heterocycles. The highest BCUT2D eigenvalue weighted by Gasteiger charge is 2.42. The number of amides is 2. The molecule has 2 aliphatic heterocycles. The van der Waals surface area contributed by atoms with E-state index in [1.165, 1.54) is 12.8 Å². The van der Waals surface area contributed by atoms with Gasteiger partial charge in [0.25, 0.3) is 0 Å². The number of nitrogens with one attached hydrogen (secondary N) is 1. The lowest BCUT2D eigenvalue weighted by molar-refractivity contribution is -0.146. The van der Waals surface area contributed by atoms with E-state index in [2.05, 4.69) is 10.2 Å². The van der Waals surface area contributed by atoms with Gasteiger partial charge in [-0.1, -0.05) is 0 Å². The van der Waals surface area contributed by atoms with Gasteiger partial charge in [0.2, 0.25) is 0 Å². The average molecular weight is 269 g/mol. The topological polar surface area (TPSA) is 72.9 Å². The van der Waals surface area contributed by atoms with Crippen molar-refractivity contribution in [1.82, 2.24) is 15.1 Å². The van der Waals surface area contributed by atoms with Crippen molar-refractivity contribution < 1.29 is 14.7 Å². The minimum absolute atomic E-state index is 0.135. The van der Waals surface area contributed by atoms with Crippen molar-refractivity contribution in [2.24, 2.45) is 5.41 Å². The van der Waals surface area contributed by atoms with E-state index in [0.29, 0.717) is 26.1 Å². The molecule has 0 aliphatic carbocycles. The van der Waals surface area contributed by atoms with Crippen molar-refractivity contribution in [2.45, 2.75) is 26.2 Å². The number of carboxylic acid groups (broad SMARTS) is 1. The molecule has 6 nitrogen and oxygen atoms in total. The molecule has 0 aromatic rings. The molecule has 6 heteroatoms. The standard InChI is InChI=1S/C13H23N3O3/c1-13(11(17)18)4-8-16(10-13)12(19)14-5-9-15-6-2-3-7-15/h2-10H2,1H3,(H,14,19)(H,17,18). The fourth-order valence-electron chi connectivity index (χ4n) is 2.75. The van der Waals surface area contributed by atoms with E-state index in [0.717, 1.165) is 19.6 Å². The third kappa shape index (κ3) is 3.37. The van der Waals surface area contributed by atoms with Crippen LogP contribution in [0.2, 0.25) is 0 Å². The van der Waals surface area contributed by atoms with Gasteiger partial charge in [0.1, 0.15) is 0 Å².